The number of hydrogen-bond donors (Lipinski definition) is 2. The third-order valence-corrected chi connectivity index (χ3v) is 5.14. The Morgan fingerprint density at radius 3 is 2.67 bits per heavy atom. The molecule has 1 aromatic heterocycles. The Morgan fingerprint density at radius 2 is 2.00 bits per heavy atom. The fourth-order valence-corrected chi connectivity index (χ4v) is 3.41. The van der Waals surface area contributed by atoms with E-state index in [1.54, 1.807) is 19.2 Å². The zero-order chi connectivity index (χ0) is 15.5. The zero-order valence-corrected chi connectivity index (χ0v) is 13.4. The first-order chi connectivity index (χ1) is 9.96. The van der Waals surface area contributed by atoms with Crippen LogP contribution < -0.4 is 9.62 Å². The van der Waals surface area contributed by atoms with Crippen LogP contribution in [0.15, 0.2) is 41.4 Å². The number of rotatable bonds is 6. The lowest BCUT2D eigenvalue weighted by Gasteiger charge is -2.20. The summed E-state index contributed by atoms with van der Waals surface area (Å²) in [7, 11) is -1.97. The Labute approximate surface area is 126 Å². The molecule has 0 spiro atoms. The molecule has 1 heterocycles. The number of aromatic nitrogens is 1. The second-order valence-electron chi connectivity index (χ2n) is 4.90. The van der Waals surface area contributed by atoms with Crippen molar-refractivity contribution in [3.05, 3.63) is 47.8 Å². The van der Waals surface area contributed by atoms with Gasteiger partial charge in [0, 0.05) is 25.5 Å². The van der Waals surface area contributed by atoms with Gasteiger partial charge in [0.05, 0.1) is 5.69 Å². The van der Waals surface area contributed by atoms with Crippen LogP contribution in [0.25, 0.3) is 0 Å². The highest BCUT2D eigenvalue weighted by Crippen LogP contribution is 2.25. The molecule has 2 rings (SSSR count). The molecule has 0 saturated heterocycles. The van der Waals surface area contributed by atoms with E-state index in [1.807, 2.05) is 32.0 Å². The zero-order valence-electron chi connectivity index (χ0n) is 12.6. The molecule has 21 heavy (non-hydrogen) atoms. The second kappa shape index (κ2) is 6.32. The normalized spacial score (nSPS) is 11.6. The second-order valence-corrected chi connectivity index (χ2v) is 6.87. The van der Waals surface area contributed by atoms with Gasteiger partial charge in [-0.2, -0.15) is 0 Å². The Kier molecular flexibility index (Phi) is 4.69. The molecule has 1 aromatic carbocycles. The van der Waals surface area contributed by atoms with Gasteiger partial charge in [-0.25, -0.2) is 8.42 Å². The largest absolute Gasteiger partial charge is 0.363 e. The van der Waals surface area contributed by atoms with Gasteiger partial charge in [0.2, 0.25) is 0 Å². The molecule has 6 heteroatoms. The summed E-state index contributed by atoms with van der Waals surface area (Å²) in [4.78, 5) is 3.28. The number of sulfonamides is 1. The average molecular weight is 307 g/mol. The summed E-state index contributed by atoms with van der Waals surface area (Å²) in [6.45, 7) is 5.37. The Hall–Kier alpha value is -1.79. The molecule has 0 aliphatic rings. The molecule has 0 atom stereocenters. The SMILES string of the molecule is CCNCc1cc(S(=O)(=O)N(C)c2ccccc2C)c[nH]1. The first kappa shape index (κ1) is 15.6. The molecule has 0 fully saturated rings. The number of nitrogens with zero attached hydrogens (tertiary/aromatic N) is 1. The van der Waals surface area contributed by atoms with E-state index in [0.717, 1.165) is 17.8 Å². The minimum absolute atomic E-state index is 0.279. The first-order valence-corrected chi connectivity index (χ1v) is 8.33. The summed E-state index contributed by atoms with van der Waals surface area (Å²) >= 11 is 0. The summed E-state index contributed by atoms with van der Waals surface area (Å²) in [5.74, 6) is 0. The molecule has 0 aliphatic carbocycles. The van der Waals surface area contributed by atoms with E-state index in [1.165, 1.54) is 10.5 Å². The summed E-state index contributed by atoms with van der Waals surface area (Å²) in [6.07, 6.45) is 1.54. The van der Waals surface area contributed by atoms with E-state index in [4.69, 9.17) is 0 Å². The molecule has 114 valence electrons. The molecule has 0 amide bonds. The van der Waals surface area contributed by atoms with Crippen molar-refractivity contribution in [1.29, 1.82) is 0 Å². The number of anilines is 1. The molecular weight excluding hydrogens is 286 g/mol. The van der Waals surface area contributed by atoms with Crippen LogP contribution in [0, 0.1) is 6.92 Å². The monoisotopic (exact) mass is 307 g/mol. The third kappa shape index (κ3) is 3.28. The van der Waals surface area contributed by atoms with E-state index in [-0.39, 0.29) is 4.90 Å². The molecule has 0 aliphatic heterocycles. The molecule has 0 saturated carbocycles. The van der Waals surface area contributed by atoms with Crippen LogP contribution in [-0.4, -0.2) is 27.0 Å². The van der Waals surface area contributed by atoms with E-state index in [2.05, 4.69) is 10.3 Å². The highest BCUT2D eigenvalue weighted by atomic mass is 32.2. The molecule has 0 bridgehead atoms. The van der Waals surface area contributed by atoms with Gasteiger partial charge in [-0.05, 0) is 31.2 Å². The fourth-order valence-electron chi connectivity index (χ4n) is 2.13. The lowest BCUT2D eigenvalue weighted by molar-refractivity contribution is 0.594. The van der Waals surface area contributed by atoms with E-state index in [9.17, 15) is 8.42 Å². The minimum Gasteiger partial charge on any atom is -0.363 e. The van der Waals surface area contributed by atoms with Crippen molar-refractivity contribution in [3.63, 3.8) is 0 Å². The highest BCUT2D eigenvalue weighted by Gasteiger charge is 2.23. The van der Waals surface area contributed by atoms with E-state index < -0.39 is 10.0 Å². The third-order valence-electron chi connectivity index (χ3n) is 3.39. The molecular formula is C15H21N3O2S. The van der Waals surface area contributed by atoms with Crippen LogP contribution >= 0.6 is 0 Å². The lowest BCUT2D eigenvalue weighted by Crippen LogP contribution is -2.26. The molecule has 0 unspecified atom stereocenters. The standard InChI is InChI=1S/C15H21N3O2S/c1-4-16-10-13-9-14(11-17-13)21(19,20)18(3)15-8-6-5-7-12(15)2/h5-9,11,16-17H,4,10H2,1-3H3. The molecule has 2 aromatic rings. The van der Waals surface area contributed by atoms with Gasteiger partial charge in [-0.1, -0.05) is 25.1 Å². The predicted octanol–water partition coefficient (Wildman–Crippen LogP) is 2.26. The number of benzene rings is 1. The smallest absolute Gasteiger partial charge is 0.265 e. The van der Waals surface area contributed by atoms with Gasteiger partial charge >= 0.3 is 0 Å². The van der Waals surface area contributed by atoms with Gasteiger partial charge < -0.3 is 10.3 Å². The first-order valence-electron chi connectivity index (χ1n) is 6.89. The number of hydrogen-bond acceptors (Lipinski definition) is 3. The topological polar surface area (TPSA) is 65.2 Å². The van der Waals surface area contributed by atoms with E-state index >= 15 is 0 Å². The van der Waals surface area contributed by atoms with E-state index in [0.29, 0.717) is 12.2 Å². The van der Waals surface area contributed by atoms with Gasteiger partial charge in [-0.3, -0.25) is 4.31 Å². The molecule has 0 radical (unpaired) electrons. The number of aromatic amines is 1. The lowest BCUT2D eigenvalue weighted by atomic mass is 10.2. The number of para-hydroxylation sites is 1. The quantitative estimate of drug-likeness (QED) is 0.860. The molecule has 2 N–H and O–H groups in total. The van der Waals surface area contributed by atoms with Gasteiger partial charge in [0.25, 0.3) is 10.0 Å². The van der Waals surface area contributed by atoms with Crippen molar-refractivity contribution in [3.8, 4) is 0 Å². The Morgan fingerprint density at radius 1 is 1.29 bits per heavy atom. The van der Waals surface area contributed by atoms with Gasteiger partial charge in [-0.15, -0.1) is 0 Å². The van der Waals surface area contributed by atoms with Crippen LogP contribution in [0.5, 0.6) is 0 Å². The van der Waals surface area contributed by atoms with Crippen LogP contribution in [0.3, 0.4) is 0 Å². The maximum Gasteiger partial charge on any atom is 0.265 e. The summed E-state index contributed by atoms with van der Waals surface area (Å²) in [6, 6.07) is 9.10. The highest BCUT2D eigenvalue weighted by molar-refractivity contribution is 7.92. The maximum atomic E-state index is 12.7. The van der Waals surface area contributed by atoms with Crippen molar-refractivity contribution in [1.82, 2.24) is 10.3 Å². The van der Waals surface area contributed by atoms with Crippen molar-refractivity contribution in [2.24, 2.45) is 0 Å². The number of nitrogens with one attached hydrogen (secondary N) is 2. The summed E-state index contributed by atoms with van der Waals surface area (Å²) in [5.41, 5.74) is 2.47. The van der Waals surface area contributed by atoms with Crippen LogP contribution in [0.1, 0.15) is 18.2 Å². The maximum absolute atomic E-state index is 12.7. The Bertz CT molecular complexity index is 707. The number of aryl methyl sites for hydroxylation is 1. The number of H-pyrrole nitrogens is 1. The van der Waals surface area contributed by atoms with Crippen molar-refractivity contribution < 1.29 is 8.42 Å². The summed E-state index contributed by atoms with van der Waals surface area (Å²) in [5, 5.41) is 3.16. The molecule has 5 nitrogen and oxygen atoms in total. The van der Waals surface area contributed by atoms with Gasteiger partial charge in [0.1, 0.15) is 4.90 Å². The Balaban J connectivity index is 2.29. The minimum atomic E-state index is -3.54. The van der Waals surface area contributed by atoms with Crippen molar-refractivity contribution in [2.75, 3.05) is 17.9 Å². The predicted molar refractivity (Wildman–Crippen MR) is 84.9 cm³/mol. The van der Waals surface area contributed by atoms with Crippen molar-refractivity contribution >= 4 is 15.7 Å². The fraction of sp³-hybridized carbons (Fsp3) is 0.333. The summed E-state index contributed by atoms with van der Waals surface area (Å²) < 4.78 is 26.6. The average Bonchev–Trinajstić information content (AvgIpc) is 2.94. The van der Waals surface area contributed by atoms with Crippen LogP contribution in [-0.2, 0) is 16.6 Å². The van der Waals surface area contributed by atoms with Crippen LogP contribution in [0.2, 0.25) is 0 Å². The van der Waals surface area contributed by atoms with Gasteiger partial charge in [0.15, 0.2) is 0 Å². The van der Waals surface area contributed by atoms with Crippen LogP contribution in [0.4, 0.5) is 5.69 Å². The van der Waals surface area contributed by atoms with Crippen molar-refractivity contribution in [2.45, 2.75) is 25.3 Å².